The maximum Gasteiger partial charge on any atom is 0.290 e. The summed E-state index contributed by atoms with van der Waals surface area (Å²) in [5.41, 5.74) is -0.0942. The van der Waals surface area contributed by atoms with Gasteiger partial charge in [0.25, 0.3) is 5.56 Å². The van der Waals surface area contributed by atoms with E-state index in [4.69, 9.17) is 0 Å². The second-order valence-electron chi connectivity index (χ2n) is 4.78. The molecule has 2 unspecified atom stereocenters. The van der Waals surface area contributed by atoms with Crippen LogP contribution in [0.25, 0.3) is 0 Å². The minimum absolute atomic E-state index is 0.0942. The van der Waals surface area contributed by atoms with Gasteiger partial charge in [0, 0.05) is 25.5 Å². The summed E-state index contributed by atoms with van der Waals surface area (Å²) in [5, 5.41) is 0. The van der Waals surface area contributed by atoms with Crippen LogP contribution in [-0.4, -0.2) is 23.1 Å². The number of aromatic nitrogens is 2. The summed E-state index contributed by atoms with van der Waals surface area (Å²) in [7, 11) is 1.97. The molecule has 4 heteroatoms. The summed E-state index contributed by atoms with van der Waals surface area (Å²) in [6.07, 6.45) is 8.09. The number of nitrogens with zero attached hydrogens (tertiary/aromatic N) is 2. The van der Waals surface area contributed by atoms with Gasteiger partial charge in [-0.2, -0.15) is 0 Å². The van der Waals surface area contributed by atoms with Gasteiger partial charge < -0.3 is 9.88 Å². The molecular weight excluding hydrogens is 202 g/mol. The van der Waals surface area contributed by atoms with Gasteiger partial charge in [0.2, 0.25) is 0 Å². The fourth-order valence-corrected chi connectivity index (χ4v) is 2.52. The van der Waals surface area contributed by atoms with Crippen molar-refractivity contribution < 1.29 is 0 Å². The third-order valence-electron chi connectivity index (χ3n) is 3.48. The van der Waals surface area contributed by atoms with Crippen molar-refractivity contribution in [3.8, 4) is 0 Å². The van der Waals surface area contributed by atoms with Crippen LogP contribution in [0.15, 0.2) is 17.2 Å². The van der Waals surface area contributed by atoms with Crippen molar-refractivity contribution in [2.75, 3.05) is 11.9 Å². The van der Waals surface area contributed by atoms with E-state index in [0.717, 1.165) is 18.8 Å². The second-order valence-corrected chi connectivity index (χ2v) is 4.78. The van der Waals surface area contributed by atoms with Crippen molar-refractivity contribution in [1.29, 1.82) is 0 Å². The molecule has 16 heavy (non-hydrogen) atoms. The zero-order chi connectivity index (χ0) is 11.5. The molecule has 1 N–H and O–H groups in total. The molecule has 1 heterocycles. The van der Waals surface area contributed by atoms with Gasteiger partial charge >= 0.3 is 0 Å². The quantitative estimate of drug-likeness (QED) is 0.828. The van der Waals surface area contributed by atoms with Gasteiger partial charge in [-0.15, -0.1) is 0 Å². The molecule has 2 rings (SSSR count). The Kier molecular flexibility index (Phi) is 3.27. The van der Waals surface area contributed by atoms with Crippen LogP contribution in [0.4, 0.5) is 5.82 Å². The third-order valence-corrected chi connectivity index (χ3v) is 3.48. The van der Waals surface area contributed by atoms with Gasteiger partial charge in [-0.1, -0.05) is 19.8 Å². The van der Waals surface area contributed by atoms with E-state index in [1.807, 2.05) is 11.9 Å². The topological polar surface area (TPSA) is 49.0 Å². The molecule has 1 aromatic heterocycles. The third kappa shape index (κ3) is 2.26. The Bertz CT molecular complexity index is 401. The van der Waals surface area contributed by atoms with Gasteiger partial charge in [0.1, 0.15) is 0 Å². The summed E-state index contributed by atoms with van der Waals surface area (Å²) < 4.78 is 0. The van der Waals surface area contributed by atoms with Crippen LogP contribution in [0, 0.1) is 5.92 Å². The molecule has 1 saturated carbocycles. The van der Waals surface area contributed by atoms with E-state index < -0.39 is 0 Å². The molecule has 1 fully saturated rings. The normalized spacial score (nSPS) is 25.4. The van der Waals surface area contributed by atoms with Gasteiger partial charge in [-0.05, 0) is 18.8 Å². The summed E-state index contributed by atoms with van der Waals surface area (Å²) in [6, 6.07) is 0.458. The van der Waals surface area contributed by atoms with Crippen LogP contribution >= 0.6 is 0 Å². The number of H-pyrrole nitrogens is 1. The highest BCUT2D eigenvalue weighted by Crippen LogP contribution is 2.27. The molecule has 0 radical (unpaired) electrons. The number of rotatable bonds is 2. The summed E-state index contributed by atoms with van der Waals surface area (Å²) in [5.74, 6) is 1.30. The fraction of sp³-hybridized carbons (Fsp3) is 0.667. The lowest BCUT2D eigenvalue weighted by Crippen LogP contribution is -2.39. The zero-order valence-electron chi connectivity index (χ0n) is 9.94. The van der Waals surface area contributed by atoms with Crippen LogP contribution in [0.2, 0.25) is 0 Å². The smallest absolute Gasteiger partial charge is 0.290 e. The average Bonchev–Trinajstić information content (AvgIpc) is 2.29. The highest BCUT2D eigenvalue weighted by atomic mass is 16.1. The van der Waals surface area contributed by atoms with Crippen molar-refractivity contribution in [3.63, 3.8) is 0 Å². The Hall–Kier alpha value is -1.32. The Morgan fingerprint density at radius 2 is 2.31 bits per heavy atom. The molecule has 0 bridgehead atoms. The van der Waals surface area contributed by atoms with Crippen LogP contribution in [0.1, 0.15) is 32.6 Å². The molecule has 2 atom stereocenters. The van der Waals surface area contributed by atoms with Gasteiger partial charge in [-0.25, -0.2) is 4.98 Å². The molecule has 88 valence electrons. The Morgan fingerprint density at radius 3 is 3.00 bits per heavy atom. The number of nitrogens with one attached hydrogen (secondary N) is 1. The molecule has 0 saturated heterocycles. The number of hydrogen-bond donors (Lipinski definition) is 1. The first kappa shape index (κ1) is 11.2. The number of aromatic amines is 1. The predicted octanol–water partition coefficient (Wildman–Crippen LogP) is 1.78. The van der Waals surface area contributed by atoms with Gasteiger partial charge in [-0.3, -0.25) is 4.79 Å². The minimum atomic E-state index is -0.0942. The summed E-state index contributed by atoms with van der Waals surface area (Å²) in [4.78, 5) is 20.5. The Labute approximate surface area is 95.7 Å². The maximum atomic E-state index is 11.6. The van der Waals surface area contributed by atoms with E-state index >= 15 is 0 Å². The molecule has 1 aromatic rings. The largest absolute Gasteiger partial charge is 0.352 e. The van der Waals surface area contributed by atoms with E-state index in [1.165, 1.54) is 12.8 Å². The van der Waals surface area contributed by atoms with E-state index in [2.05, 4.69) is 16.9 Å². The Balaban J connectivity index is 2.15. The monoisotopic (exact) mass is 221 g/mol. The van der Waals surface area contributed by atoms with Crippen LogP contribution < -0.4 is 10.5 Å². The van der Waals surface area contributed by atoms with Crippen molar-refractivity contribution in [1.82, 2.24) is 9.97 Å². The van der Waals surface area contributed by atoms with E-state index in [-0.39, 0.29) is 5.56 Å². The second kappa shape index (κ2) is 4.68. The van der Waals surface area contributed by atoms with E-state index in [0.29, 0.717) is 11.9 Å². The van der Waals surface area contributed by atoms with Crippen molar-refractivity contribution in [3.05, 3.63) is 22.7 Å². The predicted molar refractivity (Wildman–Crippen MR) is 64.7 cm³/mol. The van der Waals surface area contributed by atoms with E-state index in [9.17, 15) is 4.79 Å². The number of hydrogen-bond acceptors (Lipinski definition) is 3. The van der Waals surface area contributed by atoms with Crippen molar-refractivity contribution in [2.45, 2.75) is 38.6 Å². The molecule has 0 aliphatic heterocycles. The molecule has 1 aliphatic carbocycles. The molecule has 4 nitrogen and oxygen atoms in total. The lowest BCUT2D eigenvalue weighted by molar-refractivity contribution is 0.335. The highest BCUT2D eigenvalue weighted by Gasteiger charge is 2.24. The lowest BCUT2D eigenvalue weighted by Gasteiger charge is -2.34. The van der Waals surface area contributed by atoms with Crippen LogP contribution in [-0.2, 0) is 0 Å². The van der Waals surface area contributed by atoms with Crippen molar-refractivity contribution in [2.24, 2.45) is 5.92 Å². The standard InChI is InChI=1S/C12H19N3O/c1-9-4-3-5-10(8-9)15(2)11-12(16)14-7-6-13-11/h6-7,9-10H,3-5,8H2,1-2H3,(H,14,16). The molecule has 1 aliphatic rings. The Morgan fingerprint density at radius 1 is 1.50 bits per heavy atom. The van der Waals surface area contributed by atoms with Crippen LogP contribution in [0.5, 0.6) is 0 Å². The zero-order valence-corrected chi connectivity index (χ0v) is 9.94. The highest BCUT2D eigenvalue weighted by molar-refractivity contribution is 5.35. The first-order valence-corrected chi connectivity index (χ1v) is 5.95. The summed E-state index contributed by atoms with van der Waals surface area (Å²) >= 11 is 0. The average molecular weight is 221 g/mol. The van der Waals surface area contributed by atoms with E-state index in [1.54, 1.807) is 12.4 Å². The molecular formula is C12H19N3O. The van der Waals surface area contributed by atoms with Crippen molar-refractivity contribution >= 4 is 5.82 Å². The SMILES string of the molecule is CC1CCCC(N(C)c2ncc[nH]c2=O)C1. The first-order chi connectivity index (χ1) is 7.68. The lowest BCUT2D eigenvalue weighted by atomic mass is 9.86. The van der Waals surface area contributed by atoms with Crippen LogP contribution in [0.3, 0.4) is 0 Å². The fourth-order valence-electron chi connectivity index (χ4n) is 2.52. The summed E-state index contributed by atoms with van der Waals surface area (Å²) in [6.45, 7) is 2.28. The van der Waals surface area contributed by atoms with Gasteiger partial charge in [0.15, 0.2) is 5.82 Å². The molecule has 0 spiro atoms. The van der Waals surface area contributed by atoms with Gasteiger partial charge in [0.05, 0.1) is 0 Å². The number of anilines is 1. The maximum absolute atomic E-state index is 11.6. The molecule has 0 aromatic carbocycles. The molecule has 0 amide bonds. The minimum Gasteiger partial charge on any atom is -0.352 e. The first-order valence-electron chi connectivity index (χ1n) is 5.95.